The minimum Gasteiger partial charge on any atom is -0.480 e. The van der Waals surface area contributed by atoms with Crippen molar-refractivity contribution in [2.24, 2.45) is 5.92 Å². The summed E-state index contributed by atoms with van der Waals surface area (Å²) >= 11 is 6.07. The molecule has 2 N–H and O–H groups in total. The molecule has 1 aliphatic heterocycles. The Morgan fingerprint density at radius 2 is 2.21 bits per heavy atom. The largest absolute Gasteiger partial charge is 0.480 e. The molecule has 1 amide bonds. The maximum atomic E-state index is 12.6. The summed E-state index contributed by atoms with van der Waals surface area (Å²) in [5.74, 6) is -1.48. The first kappa shape index (κ1) is 18.7. The molecular formula is C17H23ClN2O4. The molecule has 0 unspecified atom stereocenters. The number of halogens is 1. The smallest absolute Gasteiger partial charge is 0.320 e. The van der Waals surface area contributed by atoms with Gasteiger partial charge in [0.25, 0.3) is 0 Å². The highest BCUT2D eigenvalue weighted by molar-refractivity contribution is 6.30. The predicted molar refractivity (Wildman–Crippen MR) is 91.0 cm³/mol. The van der Waals surface area contributed by atoms with Crippen molar-refractivity contribution in [2.45, 2.75) is 24.9 Å². The van der Waals surface area contributed by atoms with Crippen LogP contribution in [0.2, 0.25) is 5.02 Å². The van der Waals surface area contributed by atoms with Crippen LogP contribution in [0.4, 0.5) is 0 Å². The zero-order valence-electron chi connectivity index (χ0n) is 13.9. The van der Waals surface area contributed by atoms with Crippen LogP contribution in [0.5, 0.6) is 0 Å². The van der Waals surface area contributed by atoms with E-state index in [0.717, 1.165) is 12.0 Å². The number of likely N-dealkylation sites (N-methyl/N-ethyl adjacent to an activating group) is 1. The van der Waals surface area contributed by atoms with E-state index in [1.807, 2.05) is 12.1 Å². The molecule has 1 saturated heterocycles. The van der Waals surface area contributed by atoms with Gasteiger partial charge in [0.1, 0.15) is 6.04 Å². The van der Waals surface area contributed by atoms with Gasteiger partial charge in [0.2, 0.25) is 5.91 Å². The Morgan fingerprint density at radius 3 is 2.83 bits per heavy atom. The minimum atomic E-state index is -0.917. The van der Waals surface area contributed by atoms with Crippen molar-refractivity contribution in [2.75, 3.05) is 27.3 Å². The highest BCUT2D eigenvalue weighted by Crippen LogP contribution is 2.40. The summed E-state index contributed by atoms with van der Waals surface area (Å²) in [6, 6.07) is 6.23. The molecule has 0 bridgehead atoms. The Kier molecular flexibility index (Phi) is 6.60. The van der Waals surface area contributed by atoms with Crippen molar-refractivity contribution in [3.63, 3.8) is 0 Å². The van der Waals surface area contributed by atoms with Crippen LogP contribution in [0.1, 0.15) is 24.4 Å². The van der Waals surface area contributed by atoms with Gasteiger partial charge in [-0.2, -0.15) is 0 Å². The van der Waals surface area contributed by atoms with E-state index in [2.05, 4.69) is 5.32 Å². The Labute approximate surface area is 146 Å². The summed E-state index contributed by atoms with van der Waals surface area (Å²) in [7, 11) is 3.35. The van der Waals surface area contributed by atoms with E-state index in [1.165, 1.54) is 0 Å². The number of amides is 1. The van der Waals surface area contributed by atoms with E-state index in [9.17, 15) is 14.7 Å². The number of methoxy groups -OCH3 is 1. The van der Waals surface area contributed by atoms with Crippen molar-refractivity contribution < 1.29 is 19.4 Å². The molecule has 132 valence electrons. The van der Waals surface area contributed by atoms with E-state index in [4.69, 9.17) is 16.3 Å². The van der Waals surface area contributed by atoms with E-state index < -0.39 is 17.9 Å². The second kappa shape index (κ2) is 8.46. The maximum absolute atomic E-state index is 12.6. The van der Waals surface area contributed by atoms with E-state index in [1.54, 1.807) is 31.2 Å². The van der Waals surface area contributed by atoms with Crippen LogP contribution in [0.15, 0.2) is 24.3 Å². The fourth-order valence-corrected chi connectivity index (χ4v) is 3.45. The Morgan fingerprint density at radius 1 is 1.46 bits per heavy atom. The molecule has 7 heteroatoms. The molecule has 0 saturated carbocycles. The third-order valence-corrected chi connectivity index (χ3v) is 4.66. The lowest BCUT2D eigenvalue weighted by molar-refractivity contribution is -0.142. The van der Waals surface area contributed by atoms with Gasteiger partial charge in [-0.3, -0.25) is 14.5 Å². The number of carbonyl (C=O) groups is 2. The Bertz CT molecular complexity index is 596. The Hall–Kier alpha value is -1.63. The zero-order valence-corrected chi connectivity index (χ0v) is 14.6. The SMILES string of the molecule is COCCCNC(=O)[C@H]1C[C@@H](C(=O)O)N(C)[C@H]1c1cccc(Cl)c1. The molecule has 1 aliphatic rings. The van der Waals surface area contributed by atoms with Crippen LogP contribution in [0, 0.1) is 5.92 Å². The molecule has 6 nitrogen and oxygen atoms in total. The summed E-state index contributed by atoms with van der Waals surface area (Å²) in [5.41, 5.74) is 0.853. The molecule has 0 aromatic heterocycles. The molecular weight excluding hydrogens is 332 g/mol. The first-order chi connectivity index (χ1) is 11.5. The highest BCUT2D eigenvalue weighted by Gasteiger charge is 2.46. The van der Waals surface area contributed by atoms with Gasteiger partial charge in [-0.05, 0) is 37.6 Å². The summed E-state index contributed by atoms with van der Waals surface area (Å²) < 4.78 is 4.97. The highest BCUT2D eigenvalue weighted by atomic mass is 35.5. The minimum absolute atomic E-state index is 0.133. The third kappa shape index (κ3) is 4.26. The molecule has 0 spiro atoms. The number of ether oxygens (including phenoxy) is 1. The molecule has 0 aliphatic carbocycles. The number of likely N-dealkylation sites (tertiary alicyclic amines) is 1. The Balaban J connectivity index is 2.19. The number of rotatable bonds is 7. The van der Waals surface area contributed by atoms with Gasteiger partial charge in [0.05, 0.1) is 5.92 Å². The van der Waals surface area contributed by atoms with E-state index >= 15 is 0 Å². The van der Waals surface area contributed by atoms with Gasteiger partial charge >= 0.3 is 5.97 Å². The number of nitrogens with one attached hydrogen (secondary N) is 1. The van der Waals surface area contributed by atoms with Crippen LogP contribution >= 0.6 is 11.6 Å². The van der Waals surface area contributed by atoms with Crippen LogP contribution in [-0.2, 0) is 14.3 Å². The summed E-state index contributed by atoms with van der Waals surface area (Å²) in [6.45, 7) is 1.08. The van der Waals surface area contributed by atoms with Crippen molar-refractivity contribution >= 4 is 23.5 Å². The molecule has 1 heterocycles. The number of carboxylic acids is 1. The molecule has 2 rings (SSSR count). The maximum Gasteiger partial charge on any atom is 0.320 e. The lowest BCUT2D eigenvalue weighted by Gasteiger charge is -2.26. The van der Waals surface area contributed by atoms with Crippen molar-refractivity contribution in [3.8, 4) is 0 Å². The van der Waals surface area contributed by atoms with Crippen molar-refractivity contribution in [3.05, 3.63) is 34.9 Å². The quantitative estimate of drug-likeness (QED) is 0.731. The number of hydrogen-bond acceptors (Lipinski definition) is 4. The first-order valence-electron chi connectivity index (χ1n) is 7.92. The normalized spacial score (nSPS) is 24.0. The number of aliphatic carboxylic acids is 1. The summed E-state index contributed by atoms with van der Waals surface area (Å²) in [4.78, 5) is 25.8. The second-order valence-corrected chi connectivity index (χ2v) is 6.44. The van der Waals surface area contributed by atoms with Crippen molar-refractivity contribution in [1.29, 1.82) is 0 Å². The monoisotopic (exact) mass is 354 g/mol. The van der Waals surface area contributed by atoms with Crippen LogP contribution < -0.4 is 5.32 Å². The molecule has 0 radical (unpaired) electrons. The van der Waals surface area contributed by atoms with Crippen LogP contribution in [0.25, 0.3) is 0 Å². The molecule has 3 atom stereocenters. The molecule has 24 heavy (non-hydrogen) atoms. The van der Waals surface area contributed by atoms with Gasteiger partial charge in [-0.1, -0.05) is 23.7 Å². The van der Waals surface area contributed by atoms with Crippen LogP contribution in [-0.4, -0.2) is 55.2 Å². The number of benzene rings is 1. The topological polar surface area (TPSA) is 78.9 Å². The number of nitrogens with zero attached hydrogens (tertiary/aromatic N) is 1. The van der Waals surface area contributed by atoms with E-state index in [0.29, 0.717) is 18.2 Å². The average molecular weight is 355 g/mol. The summed E-state index contributed by atoms with van der Waals surface area (Å²) in [5, 5.41) is 12.9. The molecule has 1 aromatic rings. The zero-order chi connectivity index (χ0) is 17.7. The standard InChI is InChI=1S/C17H23ClN2O4/c1-20-14(17(22)23)10-13(16(21)19-7-4-8-24-2)15(20)11-5-3-6-12(18)9-11/h3,5-6,9,13-15H,4,7-8,10H2,1-2H3,(H,19,21)(H,22,23)/t13-,14-,15-/m0/s1. The lowest BCUT2D eigenvalue weighted by Crippen LogP contribution is -2.36. The lowest BCUT2D eigenvalue weighted by atomic mass is 9.92. The second-order valence-electron chi connectivity index (χ2n) is 6.00. The van der Waals surface area contributed by atoms with Gasteiger partial charge < -0.3 is 15.2 Å². The number of carboxylic acid groups (broad SMARTS) is 1. The van der Waals surface area contributed by atoms with E-state index in [-0.39, 0.29) is 18.4 Å². The summed E-state index contributed by atoms with van der Waals surface area (Å²) in [6.07, 6.45) is 0.994. The first-order valence-corrected chi connectivity index (χ1v) is 8.30. The van der Waals surface area contributed by atoms with Crippen LogP contribution in [0.3, 0.4) is 0 Å². The van der Waals surface area contributed by atoms with Gasteiger partial charge in [-0.25, -0.2) is 0 Å². The fourth-order valence-electron chi connectivity index (χ4n) is 3.26. The number of carbonyl (C=O) groups excluding carboxylic acids is 1. The molecule has 1 aromatic carbocycles. The van der Waals surface area contributed by atoms with Gasteiger partial charge in [-0.15, -0.1) is 0 Å². The van der Waals surface area contributed by atoms with Gasteiger partial charge in [0.15, 0.2) is 0 Å². The predicted octanol–water partition coefficient (Wildman–Crippen LogP) is 1.94. The fraction of sp³-hybridized carbons (Fsp3) is 0.529. The number of hydrogen-bond donors (Lipinski definition) is 2. The molecule has 1 fully saturated rings. The third-order valence-electron chi connectivity index (χ3n) is 4.43. The van der Waals surface area contributed by atoms with Gasteiger partial charge in [0, 0.05) is 31.3 Å². The average Bonchev–Trinajstić information content (AvgIpc) is 2.89. The van der Waals surface area contributed by atoms with Crippen molar-refractivity contribution in [1.82, 2.24) is 10.2 Å².